The van der Waals surface area contributed by atoms with Crippen molar-refractivity contribution in [1.29, 1.82) is 5.41 Å². The lowest BCUT2D eigenvalue weighted by Crippen LogP contribution is -2.25. The molecular formula is C24H30N4O. The van der Waals surface area contributed by atoms with E-state index in [4.69, 9.17) is 5.41 Å². The minimum absolute atomic E-state index is 0.0400. The Balaban J connectivity index is 1.79. The molecular weight excluding hydrogens is 360 g/mol. The van der Waals surface area contributed by atoms with E-state index in [2.05, 4.69) is 36.1 Å². The Hall–Kier alpha value is -2.95. The summed E-state index contributed by atoms with van der Waals surface area (Å²) >= 11 is 0. The topological polar surface area (TPSA) is 81.6 Å². The molecule has 0 saturated heterocycles. The van der Waals surface area contributed by atoms with Crippen molar-refractivity contribution in [2.24, 2.45) is 5.92 Å². The van der Waals surface area contributed by atoms with Crippen molar-refractivity contribution in [3.05, 3.63) is 53.9 Å². The zero-order chi connectivity index (χ0) is 20.8. The lowest BCUT2D eigenvalue weighted by molar-refractivity contribution is 0.0952. The molecule has 3 aromatic rings. The molecule has 0 unspecified atom stereocenters. The summed E-state index contributed by atoms with van der Waals surface area (Å²) in [5.41, 5.74) is 4.98. The van der Waals surface area contributed by atoms with Crippen LogP contribution in [0.1, 0.15) is 62.6 Å². The van der Waals surface area contributed by atoms with Gasteiger partial charge in [0.1, 0.15) is 0 Å². The van der Waals surface area contributed by atoms with Crippen LogP contribution in [0.2, 0.25) is 0 Å². The molecule has 152 valence electrons. The van der Waals surface area contributed by atoms with Crippen molar-refractivity contribution in [3.63, 3.8) is 0 Å². The molecule has 1 heterocycles. The second-order valence-corrected chi connectivity index (χ2v) is 7.92. The van der Waals surface area contributed by atoms with Crippen molar-refractivity contribution in [2.75, 3.05) is 6.54 Å². The van der Waals surface area contributed by atoms with Crippen LogP contribution in [0, 0.1) is 11.3 Å². The number of hydrogen-bond donors (Lipinski definition) is 3. The van der Waals surface area contributed by atoms with Gasteiger partial charge in [0.2, 0.25) is 0 Å². The maximum absolute atomic E-state index is 12.4. The highest BCUT2D eigenvalue weighted by Gasteiger charge is 2.11. The van der Waals surface area contributed by atoms with Crippen LogP contribution in [0.5, 0.6) is 0 Å². The monoisotopic (exact) mass is 390 g/mol. The average molecular weight is 391 g/mol. The highest BCUT2D eigenvalue weighted by molar-refractivity contribution is 5.98. The molecule has 0 spiro atoms. The second-order valence-electron chi connectivity index (χ2n) is 7.92. The van der Waals surface area contributed by atoms with Crippen LogP contribution in [0.4, 0.5) is 0 Å². The van der Waals surface area contributed by atoms with E-state index in [1.807, 2.05) is 42.5 Å². The Morgan fingerprint density at radius 3 is 2.72 bits per heavy atom. The first-order chi connectivity index (χ1) is 14.0. The normalized spacial score (nSPS) is 11.2. The van der Waals surface area contributed by atoms with Crippen molar-refractivity contribution >= 4 is 22.7 Å². The number of aromatic nitrogens is 2. The highest BCUT2D eigenvalue weighted by Crippen LogP contribution is 2.24. The van der Waals surface area contributed by atoms with Gasteiger partial charge in [0.25, 0.3) is 5.91 Å². The molecule has 3 rings (SSSR count). The first kappa shape index (κ1) is 20.8. The Kier molecular flexibility index (Phi) is 6.81. The van der Waals surface area contributed by atoms with Crippen molar-refractivity contribution in [3.8, 4) is 11.1 Å². The van der Waals surface area contributed by atoms with E-state index >= 15 is 0 Å². The van der Waals surface area contributed by atoms with Crippen LogP contribution in [0.3, 0.4) is 0 Å². The van der Waals surface area contributed by atoms with E-state index in [9.17, 15) is 4.79 Å². The van der Waals surface area contributed by atoms with E-state index in [0.717, 1.165) is 47.8 Å². The van der Waals surface area contributed by atoms with E-state index in [-0.39, 0.29) is 5.91 Å². The lowest BCUT2D eigenvalue weighted by Gasteiger charge is -2.09. The molecule has 0 radical (unpaired) electrons. The smallest absolute Gasteiger partial charge is 0.251 e. The van der Waals surface area contributed by atoms with Gasteiger partial charge >= 0.3 is 0 Å². The fourth-order valence-corrected chi connectivity index (χ4v) is 3.22. The summed E-state index contributed by atoms with van der Waals surface area (Å²) in [7, 11) is 0. The largest absolute Gasteiger partial charge is 0.352 e. The zero-order valence-corrected chi connectivity index (χ0v) is 17.5. The van der Waals surface area contributed by atoms with E-state index in [1.54, 1.807) is 0 Å². The SMILES string of the molecule is CCCCC(=N)c1nc2ccc(-c3cccc(C(=O)NCCC(C)C)c3)cc2[nH]1. The van der Waals surface area contributed by atoms with Gasteiger partial charge in [0, 0.05) is 12.1 Å². The van der Waals surface area contributed by atoms with Gasteiger partial charge in [-0.15, -0.1) is 0 Å². The summed E-state index contributed by atoms with van der Waals surface area (Å²) in [6.07, 6.45) is 3.76. The Morgan fingerprint density at radius 1 is 1.17 bits per heavy atom. The molecule has 3 N–H and O–H groups in total. The maximum Gasteiger partial charge on any atom is 0.251 e. The van der Waals surface area contributed by atoms with Crippen LogP contribution in [-0.4, -0.2) is 28.1 Å². The number of carbonyl (C=O) groups excluding carboxylic acids is 1. The third-order valence-corrected chi connectivity index (χ3v) is 5.01. The average Bonchev–Trinajstić information content (AvgIpc) is 3.15. The number of nitrogens with zero attached hydrogens (tertiary/aromatic N) is 1. The molecule has 0 atom stereocenters. The first-order valence-electron chi connectivity index (χ1n) is 10.4. The summed E-state index contributed by atoms with van der Waals surface area (Å²) in [5.74, 6) is 1.17. The third-order valence-electron chi connectivity index (χ3n) is 5.01. The van der Waals surface area contributed by atoms with Gasteiger partial charge < -0.3 is 15.7 Å². The van der Waals surface area contributed by atoms with Crippen molar-refractivity contribution in [2.45, 2.75) is 46.5 Å². The summed E-state index contributed by atoms with van der Waals surface area (Å²) in [4.78, 5) is 20.3. The highest BCUT2D eigenvalue weighted by atomic mass is 16.1. The number of H-pyrrole nitrogens is 1. The minimum Gasteiger partial charge on any atom is -0.352 e. The summed E-state index contributed by atoms with van der Waals surface area (Å²) in [6, 6.07) is 13.7. The number of nitrogens with one attached hydrogen (secondary N) is 3. The van der Waals surface area contributed by atoms with Gasteiger partial charge in [-0.25, -0.2) is 4.98 Å². The fourth-order valence-electron chi connectivity index (χ4n) is 3.22. The number of benzene rings is 2. The van der Waals surface area contributed by atoms with Gasteiger partial charge in [-0.05, 0) is 60.6 Å². The number of rotatable bonds is 9. The number of carbonyl (C=O) groups is 1. The first-order valence-corrected chi connectivity index (χ1v) is 10.4. The molecule has 0 fully saturated rings. The standard InChI is InChI=1S/C24H30N4O/c1-4-5-9-20(25)23-27-21-11-10-18(15-22(21)28-23)17-7-6-8-19(14-17)24(29)26-13-12-16(2)3/h6-8,10-11,14-16,25H,4-5,9,12-13H2,1-3H3,(H,26,29)(H,27,28). The Bertz CT molecular complexity index is 1000. The molecule has 0 saturated carbocycles. The summed E-state index contributed by atoms with van der Waals surface area (Å²) in [5, 5.41) is 11.2. The molecule has 5 heteroatoms. The molecule has 0 aliphatic carbocycles. The predicted molar refractivity (Wildman–Crippen MR) is 120 cm³/mol. The number of imidazole rings is 1. The van der Waals surface area contributed by atoms with E-state index < -0.39 is 0 Å². The molecule has 1 aromatic heterocycles. The molecule has 0 aliphatic rings. The van der Waals surface area contributed by atoms with E-state index in [0.29, 0.717) is 29.6 Å². The maximum atomic E-state index is 12.4. The van der Waals surface area contributed by atoms with Crippen molar-refractivity contribution < 1.29 is 4.79 Å². The third kappa shape index (κ3) is 5.31. The molecule has 29 heavy (non-hydrogen) atoms. The number of unbranched alkanes of at least 4 members (excludes halogenated alkanes) is 1. The summed E-state index contributed by atoms with van der Waals surface area (Å²) < 4.78 is 0. The van der Waals surface area contributed by atoms with Crippen LogP contribution in [0.15, 0.2) is 42.5 Å². The Morgan fingerprint density at radius 2 is 1.97 bits per heavy atom. The van der Waals surface area contributed by atoms with Gasteiger partial charge in [0.05, 0.1) is 16.7 Å². The van der Waals surface area contributed by atoms with Crippen LogP contribution in [0.25, 0.3) is 22.2 Å². The van der Waals surface area contributed by atoms with Gasteiger partial charge in [-0.1, -0.05) is 45.4 Å². The van der Waals surface area contributed by atoms with Crippen molar-refractivity contribution in [1.82, 2.24) is 15.3 Å². The lowest BCUT2D eigenvalue weighted by atomic mass is 10.0. The number of aromatic amines is 1. The van der Waals surface area contributed by atoms with Gasteiger partial charge in [-0.2, -0.15) is 0 Å². The Labute approximate surface area is 172 Å². The minimum atomic E-state index is -0.0400. The molecule has 2 aromatic carbocycles. The molecule has 5 nitrogen and oxygen atoms in total. The number of fused-ring (bicyclic) bond motifs is 1. The van der Waals surface area contributed by atoms with Gasteiger partial charge in [-0.3, -0.25) is 4.79 Å². The zero-order valence-electron chi connectivity index (χ0n) is 17.5. The fraction of sp³-hybridized carbons (Fsp3) is 0.375. The second kappa shape index (κ2) is 9.50. The van der Waals surface area contributed by atoms with Gasteiger partial charge in [0.15, 0.2) is 5.82 Å². The number of amides is 1. The van der Waals surface area contributed by atoms with Crippen LogP contribution < -0.4 is 5.32 Å². The van der Waals surface area contributed by atoms with Crippen LogP contribution >= 0.6 is 0 Å². The number of hydrogen-bond acceptors (Lipinski definition) is 3. The molecule has 0 bridgehead atoms. The van der Waals surface area contributed by atoms with E-state index in [1.165, 1.54) is 0 Å². The summed E-state index contributed by atoms with van der Waals surface area (Å²) in [6.45, 7) is 7.11. The van der Waals surface area contributed by atoms with Crippen LogP contribution in [-0.2, 0) is 0 Å². The molecule has 1 amide bonds. The quantitative estimate of drug-likeness (QED) is 0.418. The predicted octanol–water partition coefficient (Wildman–Crippen LogP) is 5.56. The molecule has 0 aliphatic heterocycles.